The molecule has 0 aliphatic carbocycles. The van der Waals surface area contributed by atoms with E-state index in [1.807, 2.05) is 0 Å². The van der Waals surface area contributed by atoms with Crippen molar-refractivity contribution in [2.24, 2.45) is 5.92 Å². The van der Waals surface area contributed by atoms with Crippen LogP contribution in [0.1, 0.15) is 34.6 Å². The van der Waals surface area contributed by atoms with E-state index in [1.54, 1.807) is 0 Å². The van der Waals surface area contributed by atoms with Crippen molar-refractivity contribution in [2.45, 2.75) is 34.6 Å². The summed E-state index contributed by atoms with van der Waals surface area (Å²) in [4.78, 5) is 0. The molecule has 0 aliphatic rings. The molecule has 68 valence electrons. The van der Waals surface area contributed by atoms with Crippen molar-refractivity contribution >= 4 is 0 Å². The number of rotatable bonds is 3. The molecule has 0 amide bonds. The van der Waals surface area contributed by atoms with Crippen LogP contribution in [0.4, 0.5) is 0 Å². The third-order valence-electron chi connectivity index (χ3n) is 2.33. The van der Waals surface area contributed by atoms with Crippen LogP contribution in [0.3, 0.4) is 0 Å². The molecule has 0 aromatic heterocycles. The molecule has 0 aromatic carbocycles. The molecule has 0 rings (SSSR count). The lowest BCUT2D eigenvalue weighted by Gasteiger charge is -2.11. The summed E-state index contributed by atoms with van der Waals surface area (Å²) in [5.41, 5.74) is 3.94. The van der Waals surface area contributed by atoms with Crippen molar-refractivity contribution in [3.05, 3.63) is 35.5 Å². The van der Waals surface area contributed by atoms with Crippen molar-refractivity contribution < 1.29 is 0 Å². The summed E-state index contributed by atoms with van der Waals surface area (Å²) >= 11 is 0. The van der Waals surface area contributed by atoms with Crippen LogP contribution in [0.2, 0.25) is 0 Å². The van der Waals surface area contributed by atoms with Crippen molar-refractivity contribution in [1.82, 2.24) is 0 Å². The Morgan fingerprint density at radius 3 is 2.08 bits per heavy atom. The standard InChI is InChI=1S/C12H20/c1-7-10(4)8-11(5)12(6)9(2)3/h7-8,12H,2H2,1,3-6H3/b10-7-,11-8+. The largest absolute Gasteiger partial charge is 0.0995 e. The van der Waals surface area contributed by atoms with Crippen LogP contribution in [-0.4, -0.2) is 0 Å². The Labute approximate surface area is 76.7 Å². The molecule has 0 fully saturated rings. The first kappa shape index (κ1) is 11.2. The van der Waals surface area contributed by atoms with Gasteiger partial charge in [-0.3, -0.25) is 0 Å². The molecular formula is C12H20. The zero-order valence-corrected chi connectivity index (χ0v) is 8.94. The minimum atomic E-state index is 0.500. The minimum absolute atomic E-state index is 0.500. The molecule has 0 N–H and O–H groups in total. The van der Waals surface area contributed by atoms with Crippen molar-refractivity contribution in [3.8, 4) is 0 Å². The van der Waals surface area contributed by atoms with Gasteiger partial charge in [0.1, 0.15) is 0 Å². The normalized spacial score (nSPS) is 16.1. The number of allylic oxidation sites excluding steroid dienone is 5. The molecule has 1 unspecified atom stereocenters. The lowest BCUT2D eigenvalue weighted by atomic mass is 9.94. The maximum absolute atomic E-state index is 3.95. The summed E-state index contributed by atoms with van der Waals surface area (Å²) in [6.07, 6.45) is 4.34. The first-order valence-electron chi connectivity index (χ1n) is 4.45. The van der Waals surface area contributed by atoms with Crippen LogP contribution >= 0.6 is 0 Å². The molecule has 0 bridgehead atoms. The van der Waals surface area contributed by atoms with E-state index in [1.165, 1.54) is 16.7 Å². The van der Waals surface area contributed by atoms with E-state index in [9.17, 15) is 0 Å². The van der Waals surface area contributed by atoms with Crippen molar-refractivity contribution in [3.63, 3.8) is 0 Å². The molecule has 0 nitrogen and oxygen atoms in total. The third kappa shape index (κ3) is 3.56. The molecule has 12 heavy (non-hydrogen) atoms. The minimum Gasteiger partial charge on any atom is -0.0995 e. The van der Waals surface area contributed by atoms with Crippen LogP contribution in [0.5, 0.6) is 0 Å². The number of hydrogen-bond donors (Lipinski definition) is 0. The van der Waals surface area contributed by atoms with Gasteiger partial charge in [0.2, 0.25) is 0 Å². The van der Waals surface area contributed by atoms with Gasteiger partial charge in [-0.15, -0.1) is 0 Å². The quantitative estimate of drug-likeness (QED) is 0.435. The summed E-state index contributed by atoms with van der Waals surface area (Å²) in [6.45, 7) is 14.6. The van der Waals surface area contributed by atoms with Gasteiger partial charge in [0, 0.05) is 0 Å². The summed E-state index contributed by atoms with van der Waals surface area (Å²) in [7, 11) is 0. The van der Waals surface area contributed by atoms with Gasteiger partial charge in [-0.1, -0.05) is 42.4 Å². The van der Waals surface area contributed by atoms with Gasteiger partial charge in [-0.2, -0.15) is 0 Å². The second kappa shape index (κ2) is 4.97. The first-order chi connectivity index (χ1) is 5.49. The SMILES string of the molecule is C=C(C)C(C)/C(C)=C/C(C)=C\C. The van der Waals surface area contributed by atoms with Crippen LogP contribution in [0.15, 0.2) is 35.5 Å². The Hall–Kier alpha value is -0.780. The maximum Gasteiger partial charge on any atom is -0.00264 e. The predicted molar refractivity (Wildman–Crippen MR) is 57.2 cm³/mol. The molecular weight excluding hydrogens is 144 g/mol. The van der Waals surface area contributed by atoms with E-state index >= 15 is 0 Å². The fraction of sp³-hybridized carbons (Fsp3) is 0.500. The Bertz CT molecular complexity index is 216. The molecule has 1 atom stereocenters. The van der Waals surface area contributed by atoms with Gasteiger partial charge >= 0.3 is 0 Å². The zero-order chi connectivity index (χ0) is 9.72. The average molecular weight is 164 g/mol. The summed E-state index contributed by atoms with van der Waals surface area (Å²) in [5, 5.41) is 0. The molecule has 0 heterocycles. The van der Waals surface area contributed by atoms with Gasteiger partial charge in [0.05, 0.1) is 0 Å². The first-order valence-corrected chi connectivity index (χ1v) is 4.45. The lowest BCUT2D eigenvalue weighted by molar-refractivity contribution is 0.803. The fourth-order valence-corrected chi connectivity index (χ4v) is 0.956. The Kier molecular flexibility index (Phi) is 4.65. The van der Waals surface area contributed by atoms with E-state index in [0.29, 0.717) is 5.92 Å². The molecule has 0 saturated heterocycles. The average Bonchev–Trinajstić information content (AvgIpc) is 2.02. The monoisotopic (exact) mass is 164 g/mol. The summed E-state index contributed by atoms with van der Waals surface area (Å²) < 4.78 is 0. The van der Waals surface area contributed by atoms with E-state index in [2.05, 4.69) is 53.3 Å². The van der Waals surface area contributed by atoms with E-state index in [4.69, 9.17) is 0 Å². The molecule has 0 aliphatic heterocycles. The second-order valence-corrected chi connectivity index (χ2v) is 3.49. The molecule has 0 radical (unpaired) electrons. The Morgan fingerprint density at radius 2 is 1.75 bits per heavy atom. The highest BCUT2D eigenvalue weighted by Crippen LogP contribution is 2.18. The maximum atomic E-state index is 3.95. The van der Waals surface area contributed by atoms with Gasteiger partial charge in [0.25, 0.3) is 0 Å². The van der Waals surface area contributed by atoms with Gasteiger partial charge in [-0.05, 0) is 33.6 Å². The third-order valence-corrected chi connectivity index (χ3v) is 2.33. The summed E-state index contributed by atoms with van der Waals surface area (Å²) in [5.74, 6) is 0.500. The topological polar surface area (TPSA) is 0 Å². The molecule has 0 heteroatoms. The molecule has 0 spiro atoms. The van der Waals surface area contributed by atoms with Crippen LogP contribution in [0, 0.1) is 5.92 Å². The summed E-state index contributed by atoms with van der Waals surface area (Å²) in [6, 6.07) is 0. The van der Waals surface area contributed by atoms with E-state index < -0.39 is 0 Å². The molecule has 0 saturated carbocycles. The van der Waals surface area contributed by atoms with E-state index in [0.717, 1.165) is 0 Å². The van der Waals surface area contributed by atoms with Crippen LogP contribution in [-0.2, 0) is 0 Å². The van der Waals surface area contributed by atoms with Crippen LogP contribution in [0.25, 0.3) is 0 Å². The molecule has 0 aromatic rings. The highest BCUT2D eigenvalue weighted by Gasteiger charge is 2.03. The smallest absolute Gasteiger partial charge is 0.00264 e. The van der Waals surface area contributed by atoms with Gasteiger partial charge in [-0.25, -0.2) is 0 Å². The van der Waals surface area contributed by atoms with Crippen LogP contribution < -0.4 is 0 Å². The van der Waals surface area contributed by atoms with Crippen molar-refractivity contribution in [1.29, 1.82) is 0 Å². The zero-order valence-electron chi connectivity index (χ0n) is 8.94. The van der Waals surface area contributed by atoms with Gasteiger partial charge in [0.15, 0.2) is 0 Å². The van der Waals surface area contributed by atoms with Gasteiger partial charge < -0.3 is 0 Å². The Balaban J connectivity index is 4.48. The fourth-order valence-electron chi connectivity index (χ4n) is 0.956. The number of hydrogen-bond acceptors (Lipinski definition) is 0. The lowest BCUT2D eigenvalue weighted by Crippen LogP contribution is -1.96. The highest BCUT2D eigenvalue weighted by molar-refractivity contribution is 5.24. The van der Waals surface area contributed by atoms with Crippen molar-refractivity contribution in [2.75, 3.05) is 0 Å². The predicted octanol–water partition coefficient (Wildman–Crippen LogP) is 4.11. The Morgan fingerprint density at radius 1 is 1.25 bits per heavy atom. The highest BCUT2D eigenvalue weighted by atomic mass is 14.1. The second-order valence-electron chi connectivity index (χ2n) is 3.49. The van der Waals surface area contributed by atoms with E-state index in [-0.39, 0.29) is 0 Å².